The highest BCUT2D eigenvalue weighted by Crippen LogP contribution is 2.37. The van der Waals surface area contributed by atoms with Crippen LogP contribution in [0.2, 0.25) is 5.02 Å². The number of anilines is 1. The number of hydrogen-bond acceptors (Lipinski definition) is 3. The number of benzene rings is 2. The fourth-order valence-electron chi connectivity index (χ4n) is 3.08. The van der Waals surface area contributed by atoms with Crippen molar-refractivity contribution in [1.82, 2.24) is 0 Å². The Balaban J connectivity index is 2.21. The first-order valence-corrected chi connectivity index (χ1v) is 11.4. The maximum atomic E-state index is 13.4. The number of rotatable bonds is 10. The lowest BCUT2D eigenvalue weighted by atomic mass is 9.97. The molecule has 0 bridgehead atoms. The molecule has 2 aromatic rings. The number of amides is 1. The molecule has 0 fully saturated rings. The van der Waals surface area contributed by atoms with Crippen molar-refractivity contribution in [2.45, 2.75) is 50.2 Å². The van der Waals surface area contributed by atoms with Crippen LogP contribution in [-0.4, -0.2) is 22.9 Å². The Morgan fingerprint density at radius 3 is 2.29 bits per heavy atom. The van der Waals surface area contributed by atoms with E-state index in [0.29, 0.717) is 15.8 Å². The van der Waals surface area contributed by atoms with Crippen molar-refractivity contribution < 1.29 is 23.1 Å². The van der Waals surface area contributed by atoms with Crippen molar-refractivity contribution >= 4 is 35.0 Å². The van der Waals surface area contributed by atoms with Crippen LogP contribution in [0.15, 0.2) is 35.2 Å². The van der Waals surface area contributed by atoms with Gasteiger partial charge in [0, 0.05) is 40.1 Å². The minimum Gasteiger partial charge on any atom is -0.396 e. The van der Waals surface area contributed by atoms with Crippen LogP contribution in [0.5, 0.6) is 0 Å². The van der Waals surface area contributed by atoms with Gasteiger partial charge in [0.05, 0.1) is 5.02 Å². The van der Waals surface area contributed by atoms with E-state index in [1.54, 1.807) is 23.9 Å². The molecule has 0 saturated carbocycles. The summed E-state index contributed by atoms with van der Waals surface area (Å²) in [5, 5.41) is 12.5. The lowest BCUT2D eigenvalue weighted by Crippen LogP contribution is -2.15. The first kappa shape index (κ1) is 25.6. The highest BCUT2D eigenvalue weighted by atomic mass is 35.5. The SMILES string of the molecule is CC[C@@H](C)C[C@@H](CC(C)CO)Sc1cc(C(=O)Nc2cc(F)c(F)c(F)c2)ccc1Cl. The van der Waals surface area contributed by atoms with Crippen LogP contribution in [0.3, 0.4) is 0 Å². The van der Waals surface area contributed by atoms with Crippen molar-refractivity contribution in [3.05, 3.63) is 58.4 Å². The topological polar surface area (TPSA) is 49.3 Å². The molecule has 31 heavy (non-hydrogen) atoms. The maximum absolute atomic E-state index is 13.4. The molecule has 0 aliphatic rings. The fourth-order valence-corrected chi connectivity index (χ4v) is 4.91. The third kappa shape index (κ3) is 7.44. The van der Waals surface area contributed by atoms with Gasteiger partial charge in [-0.2, -0.15) is 0 Å². The predicted octanol–water partition coefficient (Wildman–Crippen LogP) is 6.93. The Bertz CT molecular complexity index is 877. The van der Waals surface area contributed by atoms with Crippen LogP contribution < -0.4 is 5.32 Å². The van der Waals surface area contributed by atoms with E-state index in [9.17, 15) is 23.1 Å². The molecule has 0 spiro atoms. The van der Waals surface area contributed by atoms with Crippen LogP contribution in [0.4, 0.5) is 18.9 Å². The summed E-state index contributed by atoms with van der Waals surface area (Å²) in [5.41, 5.74) is 0.0755. The van der Waals surface area contributed by atoms with E-state index in [1.807, 2.05) is 6.92 Å². The van der Waals surface area contributed by atoms with Gasteiger partial charge in [-0.25, -0.2) is 13.2 Å². The summed E-state index contributed by atoms with van der Waals surface area (Å²) in [6.45, 7) is 6.37. The predicted molar refractivity (Wildman–Crippen MR) is 120 cm³/mol. The number of nitrogens with one attached hydrogen (secondary N) is 1. The summed E-state index contributed by atoms with van der Waals surface area (Å²) in [6, 6.07) is 6.19. The molecule has 0 heterocycles. The van der Waals surface area contributed by atoms with Crippen LogP contribution in [-0.2, 0) is 0 Å². The molecule has 1 amide bonds. The average Bonchev–Trinajstić information content (AvgIpc) is 2.73. The van der Waals surface area contributed by atoms with E-state index in [0.717, 1.165) is 31.4 Å². The highest BCUT2D eigenvalue weighted by Gasteiger charge is 2.20. The molecule has 2 aromatic carbocycles. The van der Waals surface area contributed by atoms with E-state index in [1.165, 1.54) is 6.07 Å². The lowest BCUT2D eigenvalue weighted by Gasteiger charge is -2.23. The molecular weight excluding hydrogens is 447 g/mol. The second-order valence-electron chi connectivity index (χ2n) is 7.87. The van der Waals surface area contributed by atoms with Gasteiger partial charge in [0.2, 0.25) is 0 Å². The molecule has 2 N–H and O–H groups in total. The standard InChI is InChI=1S/C23H27ClF3NO2S/c1-4-13(2)7-17(8-14(3)12-29)31-21-9-15(5-6-18(21)24)23(30)28-16-10-19(25)22(27)20(26)11-16/h5-6,9-11,13-14,17,29H,4,7-8,12H2,1-3H3,(H,28,30)/t13-,14?,17+/m1/s1. The largest absolute Gasteiger partial charge is 0.396 e. The van der Waals surface area contributed by atoms with Crippen molar-refractivity contribution in [3.63, 3.8) is 0 Å². The van der Waals surface area contributed by atoms with Gasteiger partial charge >= 0.3 is 0 Å². The second-order valence-corrected chi connectivity index (χ2v) is 9.62. The Kier molecular flexibility index (Phi) is 9.72. The van der Waals surface area contributed by atoms with Crippen molar-refractivity contribution in [1.29, 1.82) is 0 Å². The molecule has 2 rings (SSSR count). The molecule has 0 aliphatic carbocycles. The van der Waals surface area contributed by atoms with E-state index in [4.69, 9.17) is 11.6 Å². The molecule has 1 unspecified atom stereocenters. The number of aliphatic hydroxyl groups excluding tert-OH is 1. The summed E-state index contributed by atoms with van der Waals surface area (Å²) in [6.07, 6.45) is 2.77. The van der Waals surface area contributed by atoms with Gasteiger partial charge in [-0.3, -0.25) is 4.79 Å². The van der Waals surface area contributed by atoms with Crippen LogP contribution >= 0.6 is 23.4 Å². The van der Waals surface area contributed by atoms with Gasteiger partial charge in [0.1, 0.15) is 0 Å². The van der Waals surface area contributed by atoms with E-state index in [-0.39, 0.29) is 29.0 Å². The quantitative estimate of drug-likeness (QED) is 0.290. The van der Waals surface area contributed by atoms with Gasteiger partial charge in [0.25, 0.3) is 5.91 Å². The Morgan fingerprint density at radius 2 is 1.71 bits per heavy atom. The summed E-state index contributed by atoms with van der Waals surface area (Å²) in [7, 11) is 0. The normalized spacial score (nSPS) is 14.2. The maximum Gasteiger partial charge on any atom is 0.255 e. The fraction of sp³-hybridized carbons (Fsp3) is 0.435. The van der Waals surface area contributed by atoms with E-state index < -0.39 is 23.4 Å². The zero-order valence-corrected chi connectivity index (χ0v) is 19.3. The van der Waals surface area contributed by atoms with Crippen LogP contribution in [0, 0.1) is 29.3 Å². The highest BCUT2D eigenvalue weighted by molar-refractivity contribution is 8.00. The number of carbonyl (C=O) groups is 1. The Hall–Kier alpha value is -1.70. The first-order chi connectivity index (χ1) is 14.6. The number of carbonyl (C=O) groups excluding carboxylic acids is 1. The van der Waals surface area contributed by atoms with Crippen molar-refractivity contribution in [3.8, 4) is 0 Å². The molecule has 0 saturated heterocycles. The van der Waals surface area contributed by atoms with Gasteiger partial charge in [-0.15, -0.1) is 11.8 Å². The Labute approximate surface area is 190 Å². The van der Waals surface area contributed by atoms with E-state index >= 15 is 0 Å². The summed E-state index contributed by atoms with van der Waals surface area (Å²) in [5.74, 6) is -4.31. The first-order valence-electron chi connectivity index (χ1n) is 10.2. The van der Waals surface area contributed by atoms with Crippen molar-refractivity contribution in [2.24, 2.45) is 11.8 Å². The minimum atomic E-state index is -1.59. The third-order valence-electron chi connectivity index (χ3n) is 5.07. The van der Waals surface area contributed by atoms with E-state index in [2.05, 4.69) is 19.2 Å². The van der Waals surface area contributed by atoms with Crippen molar-refractivity contribution in [2.75, 3.05) is 11.9 Å². The lowest BCUT2D eigenvalue weighted by molar-refractivity contribution is 0.102. The third-order valence-corrected chi connectivity index (χ3v) is 6.82. The molecule has 8 heteroatoms. The monoisotopic (exact) mass is 473 g/mol. The smallest absolute Gasteiger partial charge is 0.255 e. The number of aliphatic hydroxyl groups is 1. The average molecular weight is 474 g/mol. The van der Waals surface area contributed by atoms with Crippen LogP contribution in [0.1, 0.15) is 50.4 Å². The summed E-state index contributed by atoms with van der Waals surface area (Å²) < 4.78 is 40.0. The summed E-state index contributed by atoms with van der Waals surface area (Å²) >= 11 is 7.92. The zero-order chi connectivity index (χ0) is 23.1. The molecule has 0 radical (unpaired) electrons. The van der Waals surface area contributed by atoms with Crippen LogP contribution in [0.25, 0.3) is 0 Å². The Morgan fingerprint density at radius 1 is 1.10 bits per heavy atom. The zero-order valence-electron chi connectivity index (χ0n) is 17.7. The van der Waals surface area contributed by atoms with Gasteiger partial charge in [0.15, 0.2) is 17.5 Å². The van der Waals surface area contributed by atoms with Gasteiger partial charge in [-0.05, 0) is 42.9 Å². The molecule has 3 atom stereocenters. The molecular formula is C23H27ClF3NO2S. The number of halogens is 4. The number of thioether (sulfide) groups is 1. The molecule has 170 valence electrons. The summed E-state index contributed by atoms with van der Waals surface area (Å²) in [4.78, 5) is 13.3. The molecule has 3 nitrogen and oxygen atoms in total. The van der Waals surface area contributed by atoms with Gasteiger partial charge in [-0.1, -0.05) is 38.8 Å². The molecule has 0 aliphatic heterocycles. The number of hydrogen-bond donors (Lipinski definition) is 2. The molecule has 0 aromatic heterocycles. The van der Waals surface area contributed by atoms with Gasteiger partial charge < -0.3 is 10.4 Å². The second kappa shape index (κ2) is 11.8. The minimum absolute atomic E-state index is 0.0958.